The number of benzene rings is 4. The molecule has 3 aliphatic rings. The van der Waals surface area contributed by atoms with Gasteiger partial charge >= 0.3 is 0 Å². The normalized spacial score (nSPS) is 20.8. The van der Waals surface area contributed by atoms with E-state index in [-0.39, 0.29) is 17.7 Å². The van der Waals surface area contributed by atoms with Crippen molar-refractivity contribution >= 4 is 28.1 Å². The molecule has 0 spiro atoms. The monoisotopic (exact) mass is 530 g/mol. The zero-order valence-electron chi connectivity index (χ0n) is 23.2. The lowest BCUT2D eigenvalue weighted by molar-refractivity contribution is 0.0951. The second-order valence-electron chi connectivity index (χ2n) is 11.7. The first kappa shape index (κ1) is 24.1. The highest BCUT2D eigenvalue weighted by Gasteiger charge is 2.41. The summed E-state index contributed by atoms with van der Waals surface area (Å²) in [7, 11) is 0. The number of carbonyl (C=O) groups excluding carboxylic acids is 1. The molecule has 0 saturated heterocycles. The van der Waals surface area contributed by atoms with Crippen molar-refractivity contribution in [2.75, 3.05) is 0 Å². The summed E-state index contributed by atoms with van der Waals surface area (Å²) < 4.78 is 1.89. The topological polar surface area (TPSA) is 34.9 Å². The average molecular weight is 531 g/mol. The minimum absolute atomic E-state index is 0.00249. The molecule has 0 N–H and O–H groups in total. The third-order valence-electron chi connectivity index (χ3n) is 8.97. The van der Waals surface area contributed by atoms with Crippen molar-refractivity contribution in [2.24, 2.45) is 11.8 Å². The van der Waals surface area contributed by atoms with Gasteiger partial charge in [0.1, 0.15) is 5.82 Å². The highest BCUT2D eigenvalue weighted by molar-refractivity contribution is 6.07. The lowest BCUT2D eigenvalue weighted by Gasteiger charge is -2.36. The first-order chi connectivity index (χ1) is 20.1. The second kappa shape index (κ2) is 9.14. The summed E-state index contributed by atoms with van der Waals surface area (Å²) in [5.74, 6) is 1.56. The van der Waals surface area contributed by atoms with Gasteiger partial charge in [0, 0.05) is 5.56 Å². The van der Waals surface area contributed by atoms with Gasteiger partial charge in [-0.15, -0.1) is 0 Å². The molecule has 0 saturated carbocycles. The van der Waals surface area contributed by atoms with Crippen molar-refractivity contribution in [3.63, 3.8) is 0 Å². The number of fused-ring (bicyclic) bond motifs is 4. The van der Waals surface area contributed by atoms with Gasteiger partial charge in [-0.2, -0.15) is 0 Å². The van der Waals surface area contributed by atoms with Crippen LogP contribution in [0.15, 0.2) is 115 Å². The van der Waals surface area contributed by atoms with Gasteiger partial charge in [-0.05, 0) is 87.0 Å². The number of imidazole rings is 1. The third-order valence-corrected chi connectivity index (χ3v) is 8.97. The summed E-state index contributed by atoms with van der Waals surface area (Å²) in [5, 5.41) is 0. The van der Waals surface area contributed by atoms with Crippen LogP contribution in [0.25, 0.3) is 33.3 Å². The number of allylic oxidation sites excluding steroid dienone is 5. The van der Waals surface area contributed by atoms with E-state index < -0.39 is 0 Å². The van der Waals surface area contributed by atoms with Gasteiger partial charge in [-0.25, -0.2) is 4.98 Å². The molecule has 0 amide bonds. The molecular weight excluding hydrogens is 500 g/mol. The van der Waals surface area contributed by atoms with Gasteiger partial charge < -0.3 is 0 Å². The van der Waals surface area contributed by atoms with E-state index in [1.165, 1.54) is 22.3 Å². The number of rotatable bonds is 3. The first-order valence-corrected chi connectivity index (χ1v) is 14.5. The summed E-state index contributed by atoms with van der Waals surface area (Å²) >= 11 is 0. The van der Waals surface area contributed by atoms with Crippen molar-refractivity contribution in [1.29, 1.82) is 0 Å². The lowest BCUT2D eigenvalue weighted by Crippen LogP contribution is -2.31. The van der Waals surface area contributed by atoms with Crippen molar-refractivity contribution in [3.05, 3.63) is 149 Å². The molecule has 3 atom stereocenters. The Morgan fingerprint density at radius 1 is 0.780 bits per heavy atom. The van der Waals surface area contributed by atoms with E-state index in [0.29, 0.717) is 5.92 Å². The number of hydrogen-bond acceptors (Lipinski definition) is 2. The molecule has 1 aromatic heterocycles. The Morgan fingerprint density at radius 2 is 1.51 bits per heavy atom. The van der Waals surface area contributed by atoms with Gasteiger partial charge in [0.25, 0.3) is 5.91 Å². The molecule has 0 bridgehead atoms. The van der Waals surface area contributed by atoms with Crippen LogP contribution in [0.3, 0.4) is 0 Å². The molecule has 3 heteroatoms. The summed E-state index contributed by atoms with van der Waals surface area (Å²) in [6.45, 7) is 4.51. The standard InChI is InChI=1S/C38H30N2O/c1-23-10-9-15-27(18-23)28-16-17-34-33(22-28)39-37-35-24(2)19-30(26-13-7-4-8-14-26)31-20-29(25-11-5-3-6-12-25)21-32(36(31)35)38(41)40(34)37/h3-17,19-24,35H,18H2,1-2H3. The van der Waals surface area contributed by atoms with Gasteiger partial charge in [-0.1, -0.05) is 105 Å². The molecule has 3 unspecified atom stereocenters. The Hall–Kier alpha value is -4.76. The second-order valence-corrected chi connectivity index (χ2v) is 11.7. The summed E-state index contributed by atoms with van der Waals surface area (Å²) in [4.78, 5) is 19.7. The number of carbonyl (C=O) groups is 1. The Bertz CT molecular complexity index is 1960. The van der Waals surface area contributed by atoms with E-state index in [4.69, 9.17) is 4.98 Å². The number of nitrogens with zero attached hydrogens (tertiary/aromatic N) is 2. The van der Waals surface area contributed by atoms with E-state index in [0.717, 1.165) is 51.1 Å². The van der Waals surface area contributed by atoms with Crippen LogP contribution in [0, 0.1) is 11.8 Å². The molecule has 5 aromatic rings. The fourth-order valence-corrected chi connectivity index (χ4v) is 7.03. The van der Waals surface area contributed by atoms with Gasteiger partial charge in [-0.3, -0.25) is 9.36 Å². The Balaban J connectivity index is 1.36. The zero-order chi connectivity index (χ0) is 27.7. The van der Waals surface area contributed by atoms with E-state index in [2.05, 4.69) is 123 Å². The highest BCUT2D eigenvalue weighted by Crippen LogP contribution is 2.50. The number of hydrogen-bond donors (Lipinski definition) is 0. The maximum Gasteiger partial charge on any atom is 0.264 e. The van der Waals surface area contributed by atoms with Crippen LogP contribution >= 0.6 is 0 Å². The fourth-order valence-electron chi connectivity index (χ4n) is 7.03. The molecule has 2 aliphatic carbocycles. The van der Waals surface area contributed by atoms with E-state index >= 15 is 0 Å². The molecule has 3 nitrogen and oxygen atoms in total. The molecule has 8 rings (SSSR count). The third kappa shape index (κ3) is 3.72. The van der Waals surface area contributed by atoms with Crippen LogP contribution in [0.5, 0.6) is 0 Å². The van der Waals surface area contributed by atoms with Gasteiger partial charge in [0.2, 0.25) is 0 Å². The predicted molar refractivity (Wildman–Crippen MR) is 167 cm³/mol. The Kier molecular flexibility index (Phi) is 5.36. The van der Waals surface area contributed by atoms with Crippen LogP contribution in [0.4, 0.5) is 0 Å². The van der Waals surface area contributed by atoms with Crippen LogP contribution in [0.1, 0.15) is 64.6 Å². The lowest BCUT2D eigenvalue weighted by atomic mass is 9.71. The molecule has 198 valence electrons. The SMILES string of the molecule is CC1C=CC=C(c2ccc3c(c2)nc2n3C(=O)c3cc(-c4ccccc4)cc4c3C2C(C)C=C4c2ccccc2)C1. The largest absolute Gasteiger partial charge is 0.268 e. The van der Waals surface area contributed by atoms with E-state index in [9.17, 15) is 4.79 Å². The van der Waals surface area contributed by atoms with Crippen molar-refractivity contribution in [2.45, 2.75) is 26.2 Å². The molecule has 41 heavy (non-hydrogen) atoms. The van der Waals surface area contributed by atoms with Gasteiger partial charge in [0.05, 0.1) is 17.0 Å². The fraction of sp³-hybridized carbons (Fsp3) is 0.158. The summed E-state index contributed by atoms with van der Waals surface area (Å²) in [6, 6.07) is 31.7. The molecule has 0 fully saturated rings. The van der Waals surface area contributed by atoms with Crippen LogP contribution in [0.2, 0.25) is 0 Å². The minimum atomic E-state index is 0.00249. The van der Waals surface area contributed by atoms with Crippen LogP contribution in [-0.4, -0.2) is 15.5 Å². The quantitative estimate of drug-likeness (QED) is 0.233. The zero-order valence-corrected chi connectivity index (χ0v) is 23.2. The van der Waals surface area contributed by atoms with Crippen LogP contribution in [-0.2, 0) is 0 Å². The van der Waals surface area contributed by atoms with Crippen LogP contribution < -0.4 is 0 Å². The molecule has 2 heterocycles. The highest BCUT2D eigenvalue weighted by atomic mass is 16.2. The van der Waals surface area contributed by atoms with Crippen molar-refractivity contribution in [3.8, 4) is 11.1 Å². The molecule has 4 aromatic carbocycles. The first-order valence-electron chi connectivity index (χ1n) is 14.5. The molecular formula is C38H30N2O. The Labute approximate surface area is 240 Å². The summed E-state index contributed by atoms with van der Waals surface area (Å²) in [6.07, 6.45) is 9.99. The Morgan fingerprint density at radius 3 is 2.27 bits per heavy atom. The summed E-state index contributed by atoms with van der Waals surface area (Å²) in [5.41, 5.74) is 11.8. The molecule has 0 radical (unpaired) electrons. The van der Waals surface area contributed by atoms with E-state index in [1.54, 1.807) is 0 Å². The smallest absolute Gasteiger partial charge is 0.264 e. The molecule has 1 aliphatic heterocycles. The van der Waals surface area contributed by atoms with Crippen molar-refractivity contribution in [1.82, 2.24) is 9.55 Å². The van der Waals surface area contributed by atoms with Gasteiger partial charge in [0.15, 0.2) is 0 Å². The maximum absolute atomic E-state index is 14.5. The number of aromatic nitrogens is 2. The predicted octanol–water partition coefficient (Wildman–Crippen LogP) is 8.90. The average Bonchev–Trinajstić information content (AvgIpc) is 3.39. The minimum Gasteiger partial charge on any atom is -0.268 e. The van der Waals surface area contributed by atoms with E-state index in [1.807, 2.05) is 10.6 Å². The maximum atomic E-state index is 14.5. The van der Waals surface area contributed by atoms with Crippen molar-refractivity contribution < 1.29 is 4.79 Å².